The highest BCUT2D eigenvalue weighted by atomic mass is 19.1. The average Bonchev–Trinajstić information content (AvgIpc) is 3.25. The monoisotopic (exact) mass is 419 g/mol. The first-order chi connectivity index (χ1) is 15.0. The van der Waals surface area contributed by atoms with Gasteiger partial charge in [-0.1, -0.05) is 24.3 Å². The number of fused-ring (bicyclic) bond motifs is 1. The minimum atomic E-state index is -1.37. The zero-order valence-electron chi connectivity index (χ0n) is 17.0. The van der Waals surface area contributed by atoms with Crippen LogP contribution in [0, 0.1) is 23.1 Å². The van der Waals surface area contributed by atoms with Gasteiger partial charge >= 0.3 is 5.97 Å². The third kappa shape index (κ3) is 4.07. The van der Waals surface area contributed by atoms with Gasteiger partial charge < -0.3 is 14.7 Å². The Balaban J connectivity index is 1.55. The number of esters is 1. The topological polar surface area (TPSA) is 85.9 Å². The number of nitriles is 1. The fourth-order valence-corrected chi connectivity index (χ4v) is 3.99. The van der Waals surface area contributed by atoms with Crippen molar-refractivity contribution in [1.82, 2.24) is 0 Å². The molecule has 7 heteroatoms. The Morgan fingerprint density at radius 1 is 1.45 bits per heavy atom. The zero-order chi connectivity index (χ0) is 22.0. The van der Waals surface area contributed by atoms with Crippen LogP contribution in [0.15, 0.2) is 70.4 Å². The molecule has 0 radical (unpaired) electrons. The Bertz CT molecular complexity index is 1090. The number of nitrogens with zero attached hydrogens (tertiary/aromatic N) is 3. The molecular formula is C24H22FN3O3. The molecule has 0 aromatic heterocycles. The van der Waals surface area contributed by atoms with Crippen molar-refractivity contribution in [2.75, 3.05) is 18.1 Å². The number of allylic oxidation sites excluding steroid dienone is 2. The molecule has 2 heterocycles. The molecule has 0 spiro atoms. The maximum Gasteiger partial charge on any atom is 0.338 e. The Labute approximate surface area is 180 Å². The Morgan fingerprint density at radius 2 is 2.29 bits per heavy atom. The fourth-order valence-electron chi connectivity index (χ4n) is 3.99. The van der Waals surface area contributed by atoms with E-state index in [-0.39, 0.29) is 29.7 Å². The van der Waals surface area contributed by atoms with Crippen LogP contribution in [-0.2, 0) is 9.53 Å². The number of halogens is 1. The van der Waals surface area contributed by atoms with Crippen molar-refractivity contribution in [3.8, 4) is 6.07 Å². The largest absolute Gasteiger partial charge is 0.463 e. The van der Waals surface area contributed by atoms with E-state index in [9.17, 15) is 14.3 Å². The smallest absolute Gasteiger partial charge is 0.338 e. The first-order valence-corrected chi connectivity index (χ1v) is 10.2. The van der Waals surface area contributed by atoms with Crippen LogP contribution in [0.25, 0.3) is 0 Å². The second kappa shape index (κ2) is 8.70. The second-order valence-electron chi connectivity index (χ2n) is 7.55. The summed E-state index contributed by atoms with van der Waals surface area (Å²) in [5.41, 5.74) is 2.22. The molecule has 0 fully saturated rings. The number of carbonyl (C=O) groups excluding carboxylic acids is 1. The number of hydrogen-bond donors (Lipinski definition) is 1. The van der Waals surface area contributed by atoms with Crippen LogP contribution in [-0.4, -0.2) is 36.5 Å². The summed E-state index contributed by atoms with van der Waals surface area (Å²) < 4.78 is 19.6. The number of hydrogen-bond acceptors (Lipinski definition) is 6. The highest BCUT2D eigenvalue weighted by Gasteiger charge is 2.33. The minimum Gasteiger partial charge on any atom is -0.463 e. The molecule has 3 atom stereocenters. The van der Waals surface area contributed by atoms with Gasteiger partial charge in [0.2, 0.25) is 0 Å². The molecule has 3 unspecified atom stereocenters. The number of aliphatic imine (C=N–C) groups is 1. The number of carbonyl (C=O) groups is 1. The summed E-state index contributed by atoms with van der Waals surface area (Å²) in [5, 5.41) is 19.6. The maximum atomic E-state index is 14.5. The number of aliphatic hydroxyl groups excluding tert-OH is 1. The number of rotatable bonds is 5. The predicted octanol–water partition coefficient (Wildman–Crippen LogP) is 3.53. The van der Waals surface area contributed by atoms with E-state index in [1.165, 1.54) is 6.07 Å². The Hall–Kier alpha value is -3.50. The molecule has 31 heavy (non-hydrogen) atoms. The molecule has 1 aromatic carbocycles. The van der Waals surface area contributed by atoms with Gasteiger partial charge in [0.25, 0.3) is 0 Å². The van der Waals surface area contributed by atoms with Crippen molar-refractivity contribution in [1.29, 1.82) is 5.26 Å². The van der Waals surface area contributed by atoms with E-state index < -0.39 is 17.9 Å². The van der Waals surface area contributed by atoms with Crippen LogP contribution >= 0.6 is 0 Å². The molecule has 0 saturated heterocycles. The summed E-state index contributed by atoms with van der Waals surface area (Å²) in [6, 6.07) is 6.55. The summed E-state index contributed by atoms with van der Waals surface area (Å²) in [4.78, 5) is 18.5. The number of ether oxygens (including phenoxy) is 1. The van der Waals surface area contributed by atoms with Crippen molar-refractivity contribution in [3.05, 3.63) is 76.8 Å². The molecular weight excluding hydrogens is 397 g/mol. The third-order valence-electron chi connectivity index (χ3n) is 5.54. The highest BCUT2D eigenvalue weighted by molar-refractivity contribution is 5.92. The molecule has 158 valence electrons. The Kier molecular flexibility index (Phi) is 5.83. The first-order valence-electron chi connectivity index (χ1n) is 10.2. The third-order valence-corrected chi connectivity index (χ3v) is 5.54. The zero-order valence-corrected chi connectivity index (χ0v) is 17.0. The summed E-state index contributed by atoms with van der Waals surface area (Å²) >= 11 is 0. The molecule has 3 aliphatic rings. The summed E-state index contributed by atoms with van der Waals surface area (Å²) in [7, 11) is 0. The van der Waals surface area contributed by atoms with Crippen molar-refractivity contribution >= 4 is 17.9 Å². The normalized spacial score (nSPS) is 24.1. The van der Waals surface area contributed by atoms with Gasteiger partial charge in [-0.05, 0) is 43.0 Å². The SMILES string of the molecule is CCOC(=O)C1=CN(CC2C=CC(C3C=C(C#N)C=N3)=CC2)c2cccc(F)c2C1O. The van der Waals surface area contributed by atoms with Crippen molar-refractivity contribution < 1.29 is 19.0 Å². The van der Waals surface area contributed by atoms with Gasteiger partial charge in [-0.15, -0.1) is 0 Å². The van der Waals surface area contributed by atoms with E-state index in [2.05, 4.69) is 23.2 Å². The van der Waals surface area contributed by atoms with Crippen LogP contribution in [0.5, 0.6) is 0 Å². The molecule has 6 nitrogen and oxygen atoms in total. The van der Waals surface area contributed by atoms with E-state index >= 15 is 0 Å². The van der Waals surface area contributed by atoms with E-state index in [0.717, 1.165) is 12.0 Å². The molecule has 0 amide bonds. The lowest BCUT2D eigenvalue weighted by atomic mass is 9.91. The maximum absolute atomic E-state index is 14.5. The lowest BCUT2D eigenvalue weighted by Crippen LogP contribution is -2.32. The van der Waals surface area contributed by atoms with E-state index in [1.807, 2.05) is 12.2 Å². The average molecular weight is 419 g/mol. The fraction of sp³-hybridized carbons (Fsp3) is 0.292. The predicted molar refractivity (Wildman–Crippen MR) is 115 cm³/mol. The van der Waals surface area contributed by atoms with Gasteiger partial charge in [0, 0.05) is 30.2 Å². The van der Waals surface area contributed by atoms with Crippen molar-refractivity contribution in [2.24, 2.45) is 10.9 Å². The lowest BCUT2D eigenvalue weighted by Gasteiger charge is -2.34. The van der Waals surface area contributed by atoms with Crippen LogP contribution in [0.3, 0.4) is 0 Å². The summed E-state index contributed by atoms with van der Waals surface area (Å²) in [6.45, 7) is 2.34. The van der Waals surface area contributed by atoms with Gasteiger partial charge in [-0.25, -0.2) is 9.18 Å². The van der Waals surface area contributed by atoms with E-state index in [0.29, 0.717) is 17.8 Å². The van der Waals surface area contributed by atoms with Crippen LogP contribution in [0.2, 0.25) is 0 Å². The highest BCUT2D eigenvalue weighted by Crippen LogP contribution is 2.39. The second-order valence-corrected chi connectivity index (χ2v) is 7.55. The van der Waals surface area contributed by atoms with E-state index in [1.54, 1.807) is 36.4 Å². The number of aliphatic hydroxyl groups is 1. The minimum absolute atomic E-state index is 0.0185. The molecule has 1 aliphatic carbocycles. The lowest BCUT2D eigenvalue weighted by molar-refractivity contribution is -0.139. The number of benzene rings is 1. The molecule has 4 rings (SSSR count). The van der Waals surface area contributed by atoms with Crippen molar-refractivity contribution in [2.45, 2.75) is 25.5 Å². The van der Waals surface area contributed by atoms with Gasteiger partial charge in [-0.2, -0.15) is 5.26 Å². The van der Waals surface area contributed by atoms with Gasteiger partial charge in [0.15, 0.2) is 0 Å². The molecule has 0 saturated carbocycles. The van der Waals surface area contributed by atoms with Gasteiger partial charge in [-0.3, -0.25) is 4.99 Å². The molecule has 2 aliphatic heterocycles. The first kappa shape index (κ1) is 20.8. The molecule has 0 bridgehead atoms. The van der Waals surface area contributed by atoms with Crippen LogP contribution in [0.1, 0.15) is 25.0 Å². The van der Waals surface area contributed by atoms with Gasteiger partial charge in [0.1, 0.15) is 18.0 Å². The Morgan fingerprint density at radius 3 is 2.97 bits per heavy atom. The quantitative estimate of drug-likeness (QED) is 0.738. The summed E-state index contributed by atoms with van der Waals surface area (Å²) in [5.74, 6) is -1.11. The molecule has 1 aromatic rings. The van der Waals surface area contributed by atoms with Crippen molar-refractivity contribution in [3.63, 3.8) is 0 Å². The van der Waals surface area contributed by atoms with Crippen LogP contribution < -0.4 is 4.90 Å². The standard InChI is InChI=1S/C24H22FN3O3/c1-2-31-24(30)18-14-28(21-5-3-4-19(25)22(21)23(18)29)13-15-6-8-17(9-7-15)20-10-16(11-26)12-27-20/h3-6,8-10,12,14-15,20,23,29H,2,7,13H2,1H3. The number of anilines is 1. The summed E-state index contributed by atoms with van der Waals surface area (Å²) in [6.07, 6.45) is 10.5. The van der Waals surface area contributed by atoms with Gasteiger partial charge in [0.05, 0.1) is 23.8 Å². The molecule has 1 N–H and O–H groups in total. The van der Waals surface area contributed by atoms with Crippen LogP contribution in [0.4, 0.5) is 10.1 Å². The van der Waals surface area contributed by atoms with E-state index in [4.69, 9.17) is 10.00 Å².